The summed E-state index contributed by atoms with van der Waals surface area (Å²) < 4.78 is 43.1. The molecule has 0 amide bonds. The SMILES string of the molecule is Cc1cn2c(-c3cn[nH]c3)cnc2c(Nc2cc(C(F)(F)F)c(CN3CCCCC3)s2)n1. The van der Waals surface area contributed by atoms with Crippen molar-refractivity contribution in [1.29, 1.82) is 0 Å². The summed E-state index contributed by atoms with van der Waals surface area (Å²) in [7, 11) is 0. The van der Waals surface area contributed by atoms with Crippen LogP contribution in [-0.2, 0) is 12.7 Å². The highest BCUT2D eigenvalue weighted by Gasteiger charge is 2.36. The van der Waals surface area contributed by atoms with Gasteiger partial charge < -0.3 is 5.32 Å². The van der Waals surface area contributed by atoms with Crippen molar-refractivity contribution in [3.05, 3.63) is 47.0 Å². The molecule has 0 aromatic carbocycles. The molecule has 0 unspecified atom stereocenters. The van der Waals surface area contributed by atoms with E-state index in [-0.39, 0.29) is 0 Å². The van der Waals surface area contributed by atoms with E-state index in [1.165, 1.54) is 6.07 Å². The number of rotatable bonds is 5. The minimum atomic E-state index is -4.40. The number of H-pyrrole nitrogens is 1. The van der Waals surface area contributed by atoms with Gasteiger partial charge in [-0.2, -0.15) is 18.3 Å². The third kappa shape index (κ3) is 4.09. The lowest BCUT2D eigenvalue weighted by atomic mass is 10.1. The number of imidazole rings is 1. The second kappa shape index (κ2) is 8.21. The standard InChI is InChI=1S/C21H22F3N7S/c1-13-11-31-16(14-8-26-27-9-14)10-25-20(31)19(28-13)29-18-7-15(21(22,23)24)17(32-18)12-30-5-3-2-4-6-30/h7-11H,2-6,12H2,1H3,(H,26,27)(H,28,29). The Morgan fingerprint density at radius 3 is 2.72 bits per heavy atom. The highest BCUT2D eigenvalue weighted by atomic mass is 32.1. The van der Waals surface area contributed by atoms with Crippen molar-refractivity contribution < 1.29 is 13.2 Å². The van der Waals surface area contributed by atoms with Crippen molar-refractivity contribution in [2.24, 2.45) is 0 Å². The van der Waals surface area contributed by atoms with Gasteiger partial charge in [0.05, 0.1) is 34.3 Å². The van der Waals surface area contributed by atoms with Crippen LogP contribution < -0.4 is 5.32 Å². The minimum Gasteiger partial charge on any atom is -0.329 e. The molecule has 1 fully saturated rings. The average molecular weight is 462 g/mol. The Labute approximate surface area is 186 Å². The maximum absolute atomic E-state index is 13.8. The number of aryl methyl sites for hydroxylation is 1. The predicted molar refractivity (Wildman–Crippen MR) is 117 cm³/mol. The van der Waals surface area contributed by atoms with Crippen LogP contribution in [0.15, 0.2) is 30.9 Å². The first kappa shape index (κ1) is 21.0. The zero-order valence-corrected chi connectivity index (χ0v) is 18.2. The molecule has 1 saturated heterocycles. The van der Waals surface area contributed by atoms with Crippen LogP contribution in [0.3, 0.4) is 0 Å². The van der Waals surface area contributed by atoms with E-state index in [1.54, 1.807) is 18.6 Å². The maximum Gasteiger partial charge on any atom is 0.417 e. The number of likely N-dealkylation sites (tertiary alicyclic amines) is 1. The van der Waals surface area contributed by atoms with E-state index < -0.39 is 11.7 Å². The van der Waals surface area contributed by atoms with Gasteiger partial charge in [-0.15, -0.1) is 11.3 Å². The van der Waals surface area contributed by atoms with Gasteiger partial charge in [-0.25, -0.2) is 9.97 Å². The molecule has 2 N–H and O–H groups in total. The molecule has 11 heteroatoms. The normalized spacial score (nSPS) is 15.5. The zero-order valence-electron chi connectivity index (χ0n) is 17.4. The van der Waals surface area contributed by atoms with Gasteiger partial charge in [0, 0.05) is 29.4 Å². The summed E-state index contributed by atoms with van der Waals surface area (Å²) >= 11 is 1.13. The second-order valence-electron chi connectivity index (χ2n) is 7.96. The Morgan fingerprint density at radius 2 is 2.00 bits per heavy atom. The number of halogens is 3. The van der Waals surface area contributed by atoms with Crippen LogP contribution in [-0.4, -0.2) is 42.6 Å². The summed E-state index contributed by atoms with van der Waals surface area (Å²) in [5.41, 5.74) is 2.33. The van der Waals surface area contributed by atoms with Crippen molar-refractivity contribution in [3.63, 3.8) is 0 Å². The van der Waals surface area contributed by atoms with Gasteiger partial charge in [0.15, 0.2) is 11.5 Å². The molecule has 0 spiro atoms. The van der Waals surface area contributed by atoms with Crippen molar-refractivity contribution >= 4 is 27.8 Å². The molecular formula is C21H22F3N7S. The smallest absolute Gasteiger partial charge is 0.329 e. The van der Waals surface area contributed by atoms with Gasteiger partial charge in [0.2, 0.25) is 0 Å². The first-order valence-electron chi connectivity index (χ1n) is 10.4. The van der Waals surface area contributed by atoms with Gasteiger partial charge in [-0.1, -0.05) is 6.42 Å². The van der Waals surface area contributed by atoms with Crippen LogP contribution in [0.25, 0.3) is 16.9 Å². The monoisotopic (exact) mass is 461 g/mol. The third-order valence-corrected chi connectivity index (χ3v) is 6.61. The quantitative estimate of drug-likeness (QED) is 0.425. The van der Waals surface area contributed by atoms with E-state index in [4.69, 9.17) is 0 Å². The molecule has 5 heterocycles. The third-order valence-electron chi connectivity index (χ3n) is 5.58. The van der Waals surface area contributed by atoms with Gasteiger partial charge in [0.25, 0.3) is 0 Å². The molecule has 0 atom stereocenters. The van der Waals surface area contributed by atoms with Crippen LogP contribution in [0.2, 0.25) is 0 Å². The van der Waals surface area contributed by atoms with Crippen LogP contribution in [0, 0.1) is 6.92 Å². The van der Waals surface area contributed by atoms with Gasteiger partial charge in [0.1, 0.15) is 0 Å². The van der Waals surface area contributed by atoms with E-state index in [2.05, 4.69) is 30.4 Å². The van der Waals surface area contributed by atoms with Gasteiger partial charge >= 0.3 is 6.18 Å². The number of hydrogen-bond donors (Lipinski definition) is 2. The Hall–Kier alpha value is -2.92. The van der Waals surface area contributed by atoms with E-state index in [0.29, 0.717) is 33.6 Å². The number of alkyl halides is 3. The van der Waals surface area contributed by atoms with Gasteiger partial charge in [-0.3, -0.25) is 14.4 Å². The lowest BCUT2D eigenvalue weighted by molar-refractivity contribution is -0.138. The predicted octanol–water partition coefficient (Wildman–Crippen LogP) is 5.24. The summed E-state index contributed by atoms with van der Waals surface area (Å²) in [6.45, 7) is 3.82. The highest BCUT2D eigenvalue weighted by molar-refractivity contribution is 7.16. The van der Waals surface area contributed by atoms with E-state index in [0.717, 1.165) is 54.9 Å². The highest BCUT2D eigenvalue weighted by Crippen LogP contribution is 2.41. The molecule has 0 bridgehead atoms. The fraction of sp³-hybridized carbons (Fsp3) is 0.381. The molecule has 168 valence electrons. The molecule has 4 aromatic heterocycles. The Balaban J connectivity index is 1.49. The number of nitrogens with zero attached hydrogens (tertiary/aromatic N) is 5. The van der Waals surface area contributed by atoms with Crippen molar-refractivity contribution in [1.82, 2.24) is 29.5 Å². The van der Waals surface area contributed by atoms with Gasteiger partial charge in [-0.05, 0) is 38.9 Å². The molecule has 1 aliphatic rings. The van der Waals surface area contributed by atoms with Crippen LogP contribution in [0.1, 0.15) is 35.4 Å². The summed E-state index contributed by atoms with van der Waals surface area (Å²) in [5.74, 6) is 0.416. The maximum atomic E-state index is 13.8. The minimum absolute atomic E-state index is 0.311. The Bertz CT molecular complexity index is 1220. The van der Waals surface area contributed by atoms with Crippen LogP contribution >= 0.6 is 11.3 Å². The number of aromatic nitrogens is 5. The first-order valence-corrected chi connectivity index (χ1v) is 11.2. The van der Waals surface area contributed by atoms with E-state index in [9.17, 15) is 13.2 Å². The van der Waals surface area contributed by atoms with Crippen LogP contribution in [0.4, 0.5) is 24.0 Å². The van der Waals surface area contributed by atoms with Crippen molar-refractivity contribution in [2.75, 3.05) is 18.4 Å². The molecule has 7 nitrogen and oxygen atoms in total. The fourth-order valence-corrected chi connectivity index (χ4v) is 5.20. The summed E-state index contributed by atoms with van der Waals surface area (Å²) in [5, 5.41) is 10.3. The molecule has 4 aromatic rings. The molecule has 0 aliphatic carbocycles. The molecule has 1 aliphatic heterocycles. The second-order valence-corrected chi connectivity index (χ2v) is 9.10. The summed E-state index contributed by atoms with van der Waals surface area (Å²) in [4.78, 5) is 11.4. The van der Waals surface area contributed by atoms with Crippen molar-refractivity contribution in [3.8, 4) is 11.3 Å². The molecular weight excluding hydrogens is 439 g/mol. The largest absolute Gasteiger partial charge is 0.417 e. The number of hydrogen-bond acceptors (Lipinski definition) is 6. The number of nitrogens with one attached hydrogen (secondary N) is 2. The zero-order chi connectivity index (χ0) is 22.3. The molecule has 0 radical (unpaired) electrons. The topological polar surface area (TPSA) is 74.1 Å². The number of fused-ring (bicyclic) bond motifs is 1. The average Bonchev–Trinajstić information content (AvgIpc) is 3.47. The van der Waals surface area contributed by atoms with Crippen molar-refractivity contribution in [2.45, 2.75) is 38.9 Å². The lowest BCUT2D eigenvalue weighted by Gasteiger charge is -2.26. The Morgan fingerprint density at radius 1 is 1.19 bits per heavy atom. The number of anilines is 2. The van der Waals surface area contributed by atoms with Crippen LogP contribution in [0.5, 0.6) is 0 Å². The fourth-order valence-electron chi connectivity index (χ4n) is 4.08. The summed E-state index contributed by atoms with van der Waals surface area (Å²) in [6.07, 6.45) is 5.78. The first-order chi connectivity index (χ1) is 15.4. The molecule has 32 heavy (non-hydrogen) atoms. The molecule has 5 rings (SSSR count). The number of thiophene rings is 1. The lowest BCUT2D eigenvalue weighted by Crippen LogP contribution is -2.29. The summed E-state index contributed by atoms with van der Waals surface area (Å²) in [6, 6.07) is 1.18. The van der Waals surface area contributed by atoms with E-state index in [1.807, 2.05) is 17.5 Å². The Kier molecular flexibility index (Phi) is 5.38. The molecule has 0 saturated carbocycles. The van der Waals surface area contributed by atoms with E-state index >= 15 is 0 Å². The number of aromatic amines is 1. The number of piperidine rings is 1.